The Morgan fingerprint density at radius 1 is 0.853 bits per heavy atom. The van der Waals surface area contributed by atoms with Crippen LogP contribution in [0.4, 0.5) is 4.39 Å². The van der Waals surface area contributed by atoms with Gasteiger partial charge in [-0.3, -0.25) is 14.4 Å². The average molecular weight is 466 g/mol. The molecule has 4 rings (SSSR count). The molecule has 0 bridgehead atoms. The normalized spacial score (nSPS) is 22.6. The SMILES string of the molecule is O=C(N[C@@H]1CCCC[C@H]1NC(=O)[C@H]1CCCN(C(=O)Cc2ccccc2)C1)c1ccc(F)cc1. The fraction of sp³-hybridized carbons (Fsp3) is 0.444. The van der Waals surface area contributed by atoms with Crippen LogP contribution in [0, 0.1) is 11.7 Å². The molecule has 1 saturated heterocycles. The Hall–Kier alpha value is -3.22. The second kappa shape index (κ2) is 11.3. The number of amides is 3. The maximum absolute atomic E-state index is 13.2. The number of rotatable bonds is 6. The number of piperidine rings is 1. The zero-order valence-corrected chi connectivity index (χ0v) is 19.3. The van der Waals surface area contributed by atoms with Gasteiger partial charge in [-0.05, 0) is 55.5 Å². The smallest absolute Gasteiger partial charge is 0.251 e. The van der Waals surface area contributed by atoms with Gasteiger partial charge in [0.1, 0.15) is 5.82 Å². The van der Waals surface area contributed by atoms with Crippen LogP contribution in [0.25, 0.3) is 0 Å². The summed E-state index contributed by atoms with van der Waals surface area (Å²) in [4.78, 5) is 40.3. The Kier molecular flexibility index (Phi) is 7.93. The summed E-state index contributed by atoms with van der Waals surface area (Å²) < 4.78 is 13.2. The van der Waals surface area contributed by atoms with Crippen LogP contribution in [0.1, 0.15) is 54.4 Å². The van der Waals surface area contributed by atoms with E-state index >= 15 is 0 Å². The molecule has 0 radical (unpaired) electrons. The molecule has 1 heterocycles. The number of halogens is 1. The van der Waals surface area contributed by atoms with E-state index in [1.807, 2.05) is 30.3 Å². The summed E-state index contributed by atoms with van der Waals surface area (Å²) in [5, 5.41) is 6.19. The van der Waals surface area contributed by atoms with Crippen molar-refractivity contribution in [2.45, 2.75) is 57.0 Å². The average Bonchev–Trinajstić information content (AvgIpc) is 2.86. The van der Waals surface area contributed by atoms with Crippen molar-refractivity contribution in [3.05, 3.63) is 71.5 Å². The number of hydrogen-bond donors (Lipinski definition) is 2. The third-order valence-corrected chi connectivity index (χ3v) is 6.86. The van der Waals surface area contributed by atoms with Gasteiger partial charge in [-0.25, -0.2) is 4.39 Å². The van der Waals surface area contributed by atoms with Gasteiger partial charge in [-0.15, -0.1) is 0 Å². The highest BCUT2D eigenvalue weighted by atomic mass is 19.1. The molecule has 2 N–H and O–H groups in total. The Morgan fingerprint density at radius 3 is 2.24 bits per heavy atom. The van der Waals surface area contributed by atoms with E-state index in [1.165, 1.54) is 24.3 Å². The van der Waals surface area contributed by atoms with Crippen molar-refractivity contribution in [2.24, 2.45) is 5.92 Å². The molecule has 3 amide bonds. The Labute approximate surface area is 199 Å². The van der Waals surface area contributed by atoms with Crippen LogP contribution < -0.4 is 10.6 Å². The summed E-state index contributed by atoms with van der Waals surface area (Å²) in [6.07, 6.45) is 5.43. The van der Waals surface area contributed by atoms with Crippen molar-refractivity contribution < 1.29 is 18.8 Å². The van der Waals surface area contributed by atoms with Gasteiger partial charge >= 0.3 is 0 Å². The molecular weight excluding hydrogens is 433 g/mol. The van der Waals surface area contributed by atoms with Gasteiger partial charge in [0.15, 0.2) is 0 Å². The van der Waals surface area contributed by atoms with Crippen LogP contribution in [0.15, 0.2) is 54.6 Å². The fourth-order valence-electron chi connectivity index (χ4n) is 4.93. The van der Waals surface area contributed by atoms with Crippen molar-refractivity contribution in [1.29, 1.82) is 0 Å². The van der Waals surface area contributed by atoms with E-state index in [2.05, 4.69) is 10.6 Å². The van der Waals surface area contributed by atoms with Gasteiger partial charge in [0.2, 0.25) is 11.8 Å². The van der Waals surface area contributed by atoms with Crippen molar-refractivity contribution in [3.8, 4) is 0 Å². The zero-order chi connectivity index (χ0) is 23.9. The van der Waals surface area contributed by atoms with Crippen LogP contribution in [-0.2, 0) is 16.0 Å². The molecule has 1 aliphatic carbocycles. The van der Waals surface area contributed by atoms with E-state index in [0.717, 1.165) is 44.1 Å². The van der Waals surface area contributed by atoms with Gasteiger partial charge in [-0.1, -0.05) is 43.2 Å². The number of nitrogens with zero attached hydrogens (tertiary/aromatic N) is 1. The van der Waals surface area contributed by atoms with Gasteiger partial charge in [0.25, 0.3) is 5.91 Å². The Bertz CT molecular complexity index is 996. The summed E-state index contributed by atoms with van der Waals surface area (Å²) in [6, 6.07) is 14.8. The first-order chi connectivity index (χ1) is 16.5. The molecule has 3 atom stereocenters. The molecule has 0 unspecified atom stereocenters. The first-order valence-corrected chi connectivity index (χ1v) is 12.2. The zero-order valence-electron chi connectivity index (χ0n) is 19.3. The van der Waals surface area contributed by atoms with E-state index in [-0.39, 0.29) is 41.5 Å². The third-order valence-electron chi connectivity index (χ3n) is 6.86. The van der Waals surface area contributed by atoms with Crippen LogP contribution in [-0.4, -0.2) is 47.8 Å². The maximum Gasteiger partial charge on any atom is 0.251 e. The van der Waals surface area contributed by atoms with Gasteiger partial charge in [-0.2, -0.15) is 0 Å². The number of nitrogens with one attached hydrogen (secondary N) is 2. The van der Waals surface area contributed by atoms with E-state index < -0.39 is 0 Å². The minimum Gasteiger partial charge on any atom is -0.351 e. The summed E-state index contributed by atoms with van der Waals surface area (Å²) >= 11 is 0. The molecule has 2 aliphatic rings. The highest BCUT2D eigenvalue weighted by Crippen LogP contribution is 2.22. The van der Waals surface area contributed by atoms with Crippen molar-refractivity contribution in [2.75, 3.05) is 13.1 Å². The molecule has 7 heteroatoms. The Balaban J connectivity index is 1.33. The van der Waals surface area contributed by atoms with Crippen LogP contribution >= 0.6 is 0 Å². The molecule has 1 aliphatic heterocycles. The lowest BCUT2D eigenvalue weighted by Gasteiger charge is -2.36. The second-order valence-electron chi connectivity index (χ2n) is 9.33. The van der Waals surface area contributed by atoms with E-state index in [0.29, 0.717) is 25.1 Å². The summed E-state index contributed by atoms with van der Waals surface area (Å²) in [5.74, 6) is -0.899. The molecule has 6 nitrogen and oxygen atoms in total. The monoisotopic (exact) mass is 465 g/mol. The fourth-order valence-corrected chi connectivity index (χ4v) is 4.93. The Morgan fingerprint density at radius 2 is 1.53 bits per heavy atom. The second-order valence-corrected chi connectivity index (χ2v) is 9.33. The predicted octanol–water partition coefficient (Wildman–Crippen LogP) is 3.46. The summed E-state index contributed by atoms with van der Waals surface area (Å²) in [6.45, 7) is 1.10. The molecule has 34 heavy (non-hydrogen) atoms. The van der Waals surface area contributed by atoms with Crippen molar-refractivity contribution in [3.63, 3.8) is 0 Å². The topological polar surface area (TPSA) is 78.5 Å². The summed E-state index contributed by atoms with van der Waals surface area (Å²) in [7, 11) is 0. The van der Waals surface area contributed by atoms with Crippen molar-refractivity contribution >= 4 is 17.7 Å². The quantitative estimate of drug-likeness (QED) is 0.686. The lowest BCUT2D eigenvalue weighted by atomic mass is 9.88. The molecule has 0 spiro atoms. The lowest BCUT2D eigenvalue weighted by Crippen LogP contribution is -2.55. The first-order valence-electron chi connectivity index (χ1n) is 12.2. The molecular formula is C27H32FN3O3. The summed E-state index contributed by atoms with van der Waals surface area (Å²) in [5.41, 5.74) is 1.37. The molecule has 1 saturated carbocycles. The number of hydrogen-bond acceptors (Lipinski definition) is 3. The van der Waals surface area contributed by atoms with E-state index in [1.54, 1.807) is 4.90 Å². The lowest BCUT2D eigenvalue weighted by molar-refractivity contribution is -0.135. The van der Waals surface area contributed by atoms with Gasteiger partial charge < -0.3 is 15.5 Å². The molecule has 0 aromatic heterocycles. The van der Waals surface area contributed by atoms with Gasteiger partial charge in [0.05, 0.1) is 12.3 Å². The van der Waals surface area contributed by atoms with E-state index in [9.17, 15) is 18.8 Å². The largest absolute Gasteiger partial charge is 0.351 e. The standard InChI is InChI=1S/C27H32FN3O3/c28-22-14-12-20(13-15-22)26(33)29-23-10-4-5-11-24(23)30-27(34)21-9-6-16-31(18-21)25(32)17-19-7-2-1-3-8-19/h1-3,7-8,12-15,21,23-24H,4-6,9-11,16-18H2,(H,29,33)(H,30,34)/t21-,23+,24+/m0/s1. The number of carbonyl (C=O) groups excluding carboxylic acids is 3. The molecule has 2 aromatic carbocycles. The van der Waals surface area contributed by atoms with Crippen LogP contribution in [0.3, 0.4) is 0 Å². The first kappa shape index (κ1) is 23.9. The number of carbonyl (C=O) groups is 3. The molecule has 2 aromatic rings. The number of benzene rings is 2. The molecule has 2 fully saturated rings. The predicted molar refractivity (Wildman–Crippen MR) is 128 cm³/mol. The van der Waals surface area contributed by atoms with Crippen molar-refractivity contribution in [1.82, 2.24) is 15.5 Å². The minimum absolute atomic E-state index is 0.0470. The maximum atomic E-state index is 13.2. The van der Waals surface area contributed by atoms with Crippen LogP contribution in [0.2, 0.25) is 0 Å². The highest BCUT2D eigenvalue weighted by Gasteiger charge is 2.33. The van der Waals surface area contributed by atoms with E-state index in [4.69, 9.17) is 0 Å². The molecule has 180 valence electrons. The number of likely N-dealkylation sites (tertiary alicyclic amines) is 1. The van der Waals surface area contributed by atoms with Crippen LogP contribution in [0.5, 0.6) is 0 Å². The van der Waals surface area contributed by atoms with Gasteiger partial charge in [0, 0.05) is 30.7 Å². The minimum atomic E-state index is -0.386. The highest BCUT2D eigenvalue weighted by molar-refractivity contribution is 5.94. The third kappa shape index (κ3) is 6.22.